The van der Waals surface area contributed by atoms with Gasteiger partial charge in [-0.25, -0.2) is 0 Å². The van der Waals surface area contributed by atoms with E-state index in [4.69, 9.17) is 4.74 Å². The Morgan fingerprint density at radius 1 is 1.08 bits per heavy atom. The Morgan fingerprint density at radius 3 is 2.25 bits per heavy atom. The Hall–Kier alpha value is -2.17. The average Bonchev–Trinajstić information content (AvgIpc) is 2.87. The Kier molecular flexibility index (Phi) is 4.97. The highest BCUT2D eigenvalue weighted by molar-refractivity contribution is 5.84. The molecule has 1 aliphatic rings. The molecule has 4 heteroatoms. The summed E-state index contributed by atoms with van der Waals surface area (Å²) < 4.78 is 5.82. The summed E-state index contributed by atoms with van der Waals surface area (Å²) in [6, 6.07) is 19.5. The molecule has 1 fully saturated rings. The Balaban J connectivity index is 1.71. The molecule has 24 heavy (non-hydrogen) atoms. The van der Waals surface area contributed by atoms with Crippen LogP contribution in [-0.4, -0.2) is 27.7 Å². The van der Waals surface area contributed by atoms with E-state index < -0.39 is 11.8 Å². The predicted octanol–water partition coefficient (Wildman–Crippen LogP) is 3.10. The Labute approximate surface area is 142 Å². The summed E-state index contributed by atoms with van der Waals surface area (Å²) in [5.74, 6) is -0.140. The fourth-order valence-electron chi connectivity index (χ4n) is 3.10. The number of aliphatic hydroxyl groups is 1. The minimum Gasteiger partial charge on any atom is -0.371 e. The number of hydrogen-bond acceptors (Lipinski definition) is 3. The summed E-state index contributed by atoms with van der Waals surface area (Å²) in [6.07, 6.45) is 0.192. The van der Waals surface area contributed by atoms with E-state index in [0.717, 1.165) is 11.1 Å². The van der Waals surface area contributed by atoms with Crippen molar-refractivity contribution in [2.75, 3.05) is 0 Å². The number of carbonyl (C=O) groups excluding carboxylic acids is 1. The van der Waals surface area contributed by atoms with Crippen molar-refractivity contribution >= 4 is 5.91 Å². The molecule has 1 N–H and O–H groups in total. The summed E-state index contributed by atoms with van der Waals surface area (Å²) >= 11 is 0. The number of amides is 1. The zero-order chi connectivity index (χ0) is 17.0. The molecule has 4 nitrogen and oxygen atoms in total. The van der Waals surface area contributed by atoms with Crippen LogP contribution < -0.4 is 0 Å². The SMILES string of the molecule is CCC1(O)C[C@H](OCc2ccccc2)C(=O)N1Cc1ccccc1. The fraction of sp³-hybridized carbons (Fsp3) is 0.350. The lowest BCUT2D eigenvalue weighted by Gasteiger charge is -2.32. The first kappa shape index (κ1) is 16.7. The first-order chi connectivity index (χ1) is 11.6. The third kappa shape index (κ3) is 3.50. The van der Waals surface area contributed by atoms with Crippen LogP contribution in [0.4, 0.5) is 0 Å². The van der Waals surface area contributed by atoms with Gasteiger partial charge in [-0.05, 0) is 17.5 Å². The van der Waals surface area contributed by atoms with Crippen molar-refractivity contribution in [2.24, 2.45) is 0 Å². The predicted molar refractivity (Wildman–Crippen MR) is 91.9 cm³/mol. The summed E-state index contributed by atoms with van der Waals surface area (Å²) in [6.45, 7) is 2.66. The molecule has 0 spiro atoms. The highest BCUT2D eigenvalue weighted by Crippen LogP contribution is 2.34. The monoisotopic (exact) mass is 325 g/mol. The molecule has 1 heterocycles. The molecule has 0 aliphatic carbocycles. The van der Waals surface area contributed by atoms with Gasteiger partial charge in [-0.2, -0.15) is 0 Å². The van der Waals surface area contributed by atoms with E-state index in [2.05, 4.69) is 0 Å². The van der Waals surface area contributed by atoms with E-state index in [1.807, 2.05) is 67.6 Å². The van der Waals surface area contributed by atoms with E-state index in [1.165, 1.54) is 0 Å². The smallest absolute Gasteiger partial charge is 0.254 e. The quantitative estimate of drug-likeness (QED) is 0.888. The van der Waals surface area contributed by atoms with E-state index in [-0.39, 0.29) is 5.91 Å². The zero-order valence-corrected chi connectivity index (χ0v) is 13.9. The van der Waals surface area contributed by atoms with Gasteiger partial charge >= 0.3 is 0 Å². The number of benzene rings is 2. The van der Waals surface area contributed by atoms with Crippen molar-refractivity contribution in [3.05, 3.63) is 71.8 Å². The van der Waals surface area contributed by atoms with Gasteiger partial charge in [0.2, 0.25) is 0 Å². The van der Waals surface area contributed by atoms with Gasteiger partial charge in [-0.1, -0.05) is 67.6 Å². The fourth-order valence-corrected chi connectivity index (χ4v) is 3.10. The van der Waals surface area contributed by atoms with Gasteiger partial charge in [-0.15, -0.1) is 0 Å². The normalized spacial score (nSPS) is 23.7. The molecule has 0 aromatic heterocycles. The Morgan fingerprint density at radius 2 is 1.67 bits per heavy atom. The molecule has 2 aromatic carbocycles. The van der Waals surface area contributed by atoms with Crippen molar-refractivity contribution in [1.29, 1.82) is 0 Å². The maximum Gasteiger partial charge on any atom is 0.254 e. The third-order valence-electron chi connectivity index (χ3n) is 4.60. The molecule has 0 saturated carbocycles. The number of nitrogens with zero attached hydrogens (tertiary/aromatic N) is 1. The first-order valence-corrected chi connectivity index (χ1v) is 8.36. The lowest BCUT2D eigenvalue weighted by molar-refractivity contribution is -0.150. The van der Waals surface area contributed by atoms with Crippen LogP contribution in [0, 0.1) is 0 Å². The molecule has 3 rings (SSSR count). The van der Waals surface area contributed by atoms with Crippen molar-refractivity contribution in [2.45, 2.75) is 44.7 Å². The van der Waals surface area contributed by atoms with Gasteiger partial charge in [0.15, 0.2) is 0 Å². The standard InChI is InChI=1S/C20H23NO3/c1-2-20(23)13-18(24-15-17-11-7-4-8-12-17)19(22)21(20)14-16-9-5-3-6-10-16/h3-12,18,23H,2,13-15H2,1H3/t18-,20?/m0/s1. The van der Waals surface area contributed by atoms with E-state index in [9.17, 15) is 9.90 Å². The van der Waals surface area contributed by atoms with E-state index in [0.29, 0.717) is 26.0 Å². The number of carbonyl (C=O) groups is 1. The summed E-state index contributed by atoms with van der Waals surface area (Å²) in [4.78, 5) is 14.3. The van der Waals surface area contributed by atoms with Crippen molar-refractivity contribution in [3.63, 3.8) is 0 Å². The molecule has 2 aromatic rings. The van der Waals surface area contributed by atoms with Crippen LogP contribution in [0.1, 0.15) is 30.9 Å². The van der Waals surface area contributed by atoms with Crippen LogP contribution in [0.3, 0.4) is 0 Å². The van der Waals surface area contributed by atoms with Gasteiger partial charge in [0.05, 0.1) is 6.61 Å². The molecule has 126 valence electrons. The second-order valence-corrected chi connectivity index (χ2v) is 6.24. The van der Waals surface area contributed by atoms with Crippen LogP contribution in [-0.2, 0) is 22.7 Å². The topological polar surface area (TPSA) is 49.8 Å². The first-order valence-electron chi connectivity index (χ1n) is 8.36. The average molecular weight is 325 g/mol. The summed E-state index contributed by atoms with van der Waals surface area (Å²) in [7, 11) is 0. The molecule has 1 aliphatic heterocycles. The van der Waals surface area contributed by atoms with Crippen LogP contribution in [0.2, 0.25) is 0 Å². The second-order valence-electron chi connectivity index (χ2n) is 6.24. The molecule has 1 saturated heterocycles. The number of likely N-dealkylation sites (tertiary alicyclic amines) is 1. The minimum atomic E-state index is -1.14. The van der Waals surface area contributed by atoms with Gasteiger partial charge in [0.25, 0.3) is 5.91 Å². The summed E-state index contributed by atoms with van der Waals surface area (Å²) in [5.41, 5.74) is 0.877. The van der Waals surface area contributed by atoms with Gasteiger partial charge in [0.1, 0.15) is 11.8 Å². The van der Waals surface area contributed by atoms with Gasteiger partial charge in [0, 0.05) is 13.0 Å². The van der Waals surface area contributed by atoms with Gasteiger partial charge < -0.3 is 14.7 Å². The molecule has 2 atom stereocenters. The largest absolute Gasteiger partial charge is 0.371 e. The number of hydrogen-bond donors (Lipinski definition) is 1. The van der Waals surface area contributed by atoms with Crippen molar-refractivity contribution < 1.29 is 14.6 Å². The van der Waals surface area contributed by atoms with E-state index >= 15 is 0 Å². The minimum absolute atomic E-state index is 0.140. The van der Waals surface area contributed by atoms with Crippen LogP contribution in [0.15, 0.2) is 60.7 Å². The molecular formula is C20H23NO3. The molecular weight excluding hydrogens is 302 g/mol. The second kappa shape index (κ2) is 7.16. The zero-order valence-electron chi connectivity index (χ0n) is 13.9. The maximum absolute atomic E-state index is 12.7. The van der Waals surface area contributed by atoms with Crippen LogP contribution in [0.25, 0.3) is 0 Å². The lowest BCUT2D eigenvalue weighted by Crippen LogP contribution is -2.44. The molecule has 1 amide bonds. The Bertz CT molecular complexity index is 674. The van der Waals surface area contributed by atoms with Gasteiger partial charge in [-0.3, -0.25) is 4.79 Å². The van der Waals surface area contributed by atoms with Crippen LogP contribution in [0.5, 0.6) is 0 Å². The maximum atomic E-state index is 12.7. The number of rotatable bonds is 6. The summed E-state index contributed by atoms with van der Waals surface area (Å²) in [5, 5.41) is 10.9. The van der Waals surface area contributed by atoms with Crippen molar-refractivity contribution in [1.82, 2.24) is 4.90 Å². The van der Waals surface area contributed by atoms with E-state index in [1.54, 1.807) is 4.90 Å². The number of ether oxygens (including phenoxy) is 1. The molecule has 0 bridgehead atoms. The van der Waals surface area contributed by atoms with Crippen molar-refractivity contribution in [3.8, 4) is 0 Å². The van der Waals surface area contributed by atoms with Crippen LogP contribution >= 0.6 is 0 Å². The third-order valence-corrected chi connectivity index (χ3v) is 4.60. The molecule has 1 unspecified atom stereocenters. The molecule has 0 radical (unpaired) electrons. The highest BCUT2D eigenvalue weighted by Gasteiger charge is 2.49. The highest BCUT2D eigenvalue weighted by atomic mass is 16.5. The lowest BCUT2D eigenvalue weighted by atomic mass is 10.1.